The molecule has 0 amide bonds. The predicted molar refractivity (Wildman–Crippen MR) is 482 cm³/mol. The topological polar surface area (TPSA) is 782 Å². The summed E-state index contributed by atoms with van der Waals surface area (Å²) in [4.78, 5) is 45.6. The standard InChI is InChI=1S/C96H154O50/c1-14-35(3)78(124)133-48-33-130-83(71(123)74(48)141-85-67(119)60(112)55(107)44(27-97)134-85)146-91(9,15-2)21-16-17-36(4)79(125)138-52-26-96(89(126)145-88-76(63(115)58(110)47(137-88)32-129-80-66(118)59(111)53(105)37(5)131-80)142-84-69(121)64(116)72(38(6)132-84)139-82-70(122)73(43(103)31-128-82)140-81-65(117)54(106)42(102)30-127-81)40(23-90(52,7)8)39-18-19-50-92(10)24-41(101)77(93(11,34-100)49(92)20-22-94(50,12)95(39,13)25-51(96)104)144-87-75(62(114)57(109)46(29-99)136-87)143-86-68(120)61(113)56(108)45(28-98)135-86/h15,17-18,35,37-38,40-77,80-88,97-123H,2,14,16,19-34H2,1,3-13H3/b36-17+/t35-,37+,38+,40+,41+,42-,43-,44-,45-,46-,47-,48+,49-,50-,51+,52+,53+,54+,55-,56-,57-,58-,59-,60+,61+,62+,63+,64+,65-,66-,67-,68-,69-,70-,71-,72+,73+,74+,75-,76-,77+,80-,81+,82+,83+,84+,85+,86+,87+,88+,91-,92+,93+,94-,95-,96-/m1/s1. The molecule has 9 aliphatic heterocycles. The first-order valence-corrected chi connectivity index (χ1v) is 50.3. The van der Waals surface area contributed by atoms with Gasteiger partial charge in [0, 0.05) is 22.8 Å². The Labute approximate surface area is 841 Å². The number of allylic oxidation sites excluding steroid dienone is 3. The molecule has 9 heterocycles. The molecule has 0 aromatic heterocycles. The summed E-state index contributed by atoms with van der Waals surface area (Å²) in [5.41, 5.74) is -9.05. The van der Waals surface area contributed by atoms with Gasteiger partial charge in [-0.15, -0.1) is 6.58 Å². The van der Waals surface area contributed by atoms with E-state index in [4.69, 9.17) is 94.7 Å². The molecule has 0 radical (unpaired) electrons. The van der Waals surface area contributed by atoms with Crippen molar-refractivity contribution in [1.29, 1.82) is 0 Å². The van der Waals surface area contributed by atoms with Crippen LogP contribution < -0.4 is 0 Å². The van der Waals surface area contributed by atoms with Crippen molar-refractivity contribution in [3.05, 3.63) is 36.0 Å². The number of aliphatic hydroxyl groups excluding tert-OH is 27. The van der Waals surface area contributed by atoms with Crippen LogP contribution in [0.3, 0.4) is 0 Å². The summed E-state index contributed by atoms with van der Waals surface area (Å²) in [5.74, 6) is -5.86. The minimum absolute atomic E-state index is 0.0138. The first-order valence-electron chi connectivity index (χ1n) is 50.3. The van der Waals surface area contributed by atoms with E-state index in [1.807, 2.05) is 26.8 Å². The highest BCUT2D eigenvalue weighted by atomic mass is 16.8. The molecule has 13 fully saturated rings. The Bertz CT molecular complexity index is 4410. The van der Waals surface area contributed by atoms with Gasteiger partial charge in [0.05, 0.1) is 94.9 Å². The van der Waals surface area contributed by atoms with E-state index in [2.05, 4.69) is 6.58 Å². The number of hydrogen-bond donors (Lipinski definition) is 27. The molecule has 838 valence electrons. The van der Waals surface area contributed by atoms with Crippen LogP contribution in [-0.2, 0) is 109 Å². The third-order valence-corrected chi connectivity index (χ3v) is 34.5. The maximum atomic E-state index is 17.1. The summed E-state index contributed by atoms with van der Waals surface area (Å²) in [5, 5.41) is 305. The summed E-state index contributed by atoms with van der Waals surface area (Å²) in [7, 11) is 0. The molecule has 50 heteroatoms. The smallest absolute Gasteiger partial charge is 0.333 e. The molecular weight excluding hydrogens is 1950 g/mol. The van der Waals surface area contributed by atoms with Gasteiger partial charge in [0.2, 0.25) is 6.29 Å². The Balaban J connectivity index is 0.773. The van der Waals surface area contributed by atoms with Crippen molar-refractivity contribution >= 4 is 17.9 Å². The lowest BCUT2D eigenvalue weighted by Gasteiger charge is -2.72. The van der Waals surface area contributed by atoms with Crippen LogP contribution in [-0.4, -0.2) is 497 Å². The normalized spacial score (nSPS) is 51.1. The van der Waals surface area contributed by atoms with Crippen molar-refractivity contribution < 1.29 is 247 Å². The number of aliphatic hydroxyl groups is 27. The van der Waals surface area contributed by atoms with Crippen LogP contribution in [0.25, 0.3) is 0 Å². The average Bonchev–Trinajstić information content (AvgIpc) is 0.664. The van der Waals surface area contributed by atoms with E-state index in [0.29, 0.717) is 18.4 Å². The monoisotopic (exact) mass is 2110 g/mol. The van der Waals surface area contributed by atoms with E-state index in [-0.39, 0.29) is 50.5 Å². The van der Waals surface area contributed by atoms with Crippen molar-refractivity contribution in [2.45, 2.75) is 435 Å². The van der Waals surface area contributed by atoms with Gasteiger partial charge in [-0.25, -0.2) is 4.79 Å². The van der Waals surface area contributed by atoms with Crippen LogP contribution in [0.15, 0.2) is 36.0 Å². The number of fused-ring (bicyclic) bond motifs is 7. The minimum atomic E-state index is -2.36. The molecule has 27 N–H and O–H groups in total. The van der Waals surface area contributed by atoms with Crippen molar-refractivity contribution in [2.75, 3.05) is 52.9 Å². The number of rotatable bonds is 32. The highest BCUT2D eigenvalue weighted by Gasteiger charge is 2.75. The van der Waals surface area contributed by atoms with Gasteiger partial charge in [0.25, 0.3) is 0 Å². The molecule has 146 heavy (non-hydrogen) atoms. The van der Waals surface area contributed by atoms with Gasteiger partial charge in [0.15, 0.2) is 62.5 Å². The SMILES string of the molecule is C=C[C@](C)(CC/C=C(\C)C(=O)O[C@H]1C[C@]2(C(=O)O[C@@H]3O[C@H](CO[C@@H]4O[C@@H](C)[C@H](O)[C@@H](O)[C@H]4O)[C@@H](O)[C@H](O)[C@H]3O[C@@H]3O[C@@H](C)[C@H](O[C@@H]4OC[C@@H](O)[C@H](O[C@@H]5OC[C@@H](O)[C@H](O)[C@H]5O)[C@H]4O)[C@@H](O)[C@H]3O)[C@@H](O)C[C@]3(C)C(=CC[C@@H]4[C@@]5(C)C[C@H](O)[C@H](O[C@@H]6O[C@H](CO)[C@@H](O)[C@H](O)[C@H]6O[C@@H]6O[C@H](CO)[C@@H](O)[C@H](O)[C@H]6O)[C@@](C)(CO)[C@@H]5CC[C@]43C)[C@@H]2CC1(C)C)O[C@@H]1OC[C@H](OC(=O)[C@H](C)CC)[C@H](O[C@@H]2O[C@H](CO)[C@@H](O)[C@H](O)[C@H]2O)[C@H]1O. The van der Waals surface area contributed by atoms with Gasteiger partial charge in [0.1, 0.15) is 189 Å². The maximum absolute atomic E-state index is 17.1. The van der Waals surface area contributed by atoms with Gasteiger partial charge >= 0.3 is 17.9 Å². The van der Waals surface area contributed by atoms with Crippen molar-refractivity contribution in [1.82, 2.24) is 0 Å². The molecule has 50 nitrogen and oxygen atoms in total. The fourth-order valence-electron chi connectivity index (χ4n) is 24.9. The third kappa shape index (κ3) is 22.0. The molecule has 56 atom stereocenters. The van der Waals surface area contributed by atoms with Crippen molar-refractivity contribution in [3.8, 4) is 0 Å². The number of carbonyl (C=O) groups is 3. The zero-order valence-corrected chi connectivity index (χ0v) is 83.5. The second-order valence-electron chi connectivity index (χ2n) is 44.2. The maximum Gasteiger partial charge on any atom is 0.333 e. The second kappa shape index (κ2) is 46.3. The van der Waals surface area contributed by atoms with Crippen LogP contribution in [0.2, 0.25) is 0 Å². The van der Waals surface area contributed by atoms with Gasteiger partial charge in [-0.1, -0.05) is 79.2 Å². The van der Waals surface area contributed by atoms with Crippen LogP contribution in [0.5, 0.6) is 0 Å². The van der Waals surface area contributed by atoms with Gasteiger partial charge in [-0.05, 0) is 119 Å². The average molecular weight is 2110 g/mol. The number of esters is 3. The van der Waals surface area contributed by atoms with Gasteiger partial charge in [-0.2, -0.15) is 0 Å². The highest BCUT2D eigenvalue weighted by Crippen LogP contribution is 2.77. The molecule has 14 aliphatic rings. The first-order chi connectivity index (χ1) is 68.5. The molecule has 9 saturated heterocycles. The molecular formula is C96H154O50. The van der Waals surface area contributed by atoms with Crippen LogP contribution in [0.1, 0.15) is 147 Å². The zero-order chi connectivity index (χ0) is 107. The summed E-state index contributed by atoms with van der Waals surface area (Å²) in [6.07, 6.45) is -78.5. The second-order valence-corrected chi connectivity index (χ2v) is 44.2. The van der Waals surface area contributed by atoms with E-state index in [0.717, 1.165) is 0 Å². The van der Waals surface area contributed by atoms with Crippen molar-refractivity contribution in [2.24, 2.45) is 56.2 Å². The molecule has 0 aromatic carbocycles. The zero-order valence-electron chi connectivity index (χ0n) is 83.5. The van der Waals surface area contributed by atoms with E-state index >= 15 is 9.59 Å². The Kier molecular flexibility index (Phi) is 37.3. The molecule has 5 aliphatic carbocycles. The lowest BCUT2D eigenvalue weighted by Crippen LogP contribution is -2.71. The quantitative estimate of drug-likeness (QED) is 0.00978. The van der Waals surface area contributed by atoms with Crippen LogP contribution in [0, 0.1) is 56.2 Å². The lowest BCUT2D eigenvalue weighted by atomic mass is 9.33. The third-order valence-electron chi connectivity index (χ3n) is 34.5. The largest absolute Gasteiger partial charge is 0.458 e. The van der Waals surface area contributed by atoms with Gasteiger partial charge in [-0.3, -0.25) is 9.59 Å². The highest BCUT2D eigenvalue weighted by molar-refractivity contribution is 5.88. The van der Waals surface area contributed by atoms with Gasteiger partial charge < -0.3 is 233 Å². The Morgan fingerprint density at radius 3 is 1.58 bits per heavy atom. The molecule has 0 aromatic rings. The predicted octanol–water partition coefficient (Wildman–Crippen LogP) is -9.25. The summed E-state index contributed by atoms with van der Waals surface area (Å²) in [6, 6.07) is 0. The van der Waals surface area contributed by atoms with Crippen LogP contribution >= 0.6 is 0 Å². The fraction of sp³-hybridized carbons (Fsp3) is 0.906. The lowest BCUT2D eigenvalue weighted by molar-refractivity contribution is -0.384. The van der Waals surface area contributed by atoms with E-state index < -0.39 is 421 Å². The summed E-state index contributed by atoms with van der Waals surface area (Å²) < 4.78 is 121. The molecule has 0 unspecified atom stereocenters. The molecule has 0 bridgehead atoms. The Morgan fingerprint density at radius 2 is 0.979 bits per heavy atom. The van der Waals surface area contributed by atoms with Crippen LogP contribution in [0.4, 0.5) is 0 Å². The van der Waals surface area contributed by atoms with E-state index in [1.165, 1.54) is 32.9 Å². The van der Waals surface area contributed by atoms with Crippen molar-refractivity contribution in [3.63, 3.8) is 0 Å². The fourth-order valence-corrected chi connectivity index (χ4v) is 24.9. The molecule has 4 saturated carbocycles. The molecule has 14 rings (SSSR count). The number of hydrogen-bond acceptors (Lipinski definition) is 50. The Morgan fingerprint density at radius 1 is 0.486 bits per heavy atom. The van der Waals surface area contributed by atoms with E-state index in [1.54, 1.807) is 41.5 Å². The number of carbonyl (C=O) groups excluding carboxylic acids is 3. The summed E-state index contributed by atoms with van der Waals surface area (Å²) in [6.45, 7) is 18.4. The summed E-state index contributed by atoms with van der Waals surface area (Å²) >= 11 is 0. The molecule has 0 spiro atoms. The minimum Gasteiger partial charge on any atom is -0.458 e. The van der Waals surface area contributed by atoms with E-state index in [9.17, 15) is 143 Å². The Hall–Kier alpha value is -4.13. The first kappa shape index (κ1) is 117. The number of ether oxygens (including phenoxy) is 20.